The van der Waals surface area contributed by atoms with E-state index >= 15 is 0 Å². The minimum atomic E-state index is -0.0651. The molecule has 5 heteroatoms. The van der Waals surface area contributed by atoms with Gasteiger partial charge >= 0.3 is 0 Å². The molecule has 1 aliphatic heterocycles. The van der Waals surface area contributed by atoms with Crippen LogP contribution in [0.4, 0.5) is 0 Å². The van der Waals surface area contributed by atoms with E-state index in [-0.39, 0.29) is 23.8 Å². The number of likely N-dealkylation sites (tertiary alicyclic amines) is 1. The van der Waals surface area contributed by atoms with Crippen LogP contribution in [-0.2, 0) is 4.79 Å². The van der Waals surface area contributed by atoms with E-state index in [0.717, 1.165) is 34.9 Å². The maximum atomic E-state index is 13.3. The number of hydrogen-bond donors (Lipinski definition) is 1. The number of fused-ring (bicyclic) bond motifs is 1. The van der Waals surface area contributed by atoms with Gasteiger partial charge in [0, 0.05) is 30.0 Å². The first kappa shape index (κ1) is 22.8. The Hall–Kier alpha value is -3.34. The van der Waals surface area contributed by atoms with Crippen molar-refractivity contribution in [3.8, 4) is 5.75 Å². The highest BCUT2D eigenvalue weighted by Gasteiger charge is 2.29. The lowest BCUT2D eigenvalue weighted by Gasteiger charge is -2.32. The molecule has 1 heterocycles. The van der Waals surface area contributed by atoms with E-state index in [1.165, 1.54) is 0 Å². The molecule has 3 aromatic carbocycles. The lowest BCUT2D eigenvalue weighted by atomic mass is 9.93. The summed E-state index contributed by atoms with van der Waals surface area (Å²) < 4.78 is 5.46. The first-order valence-electron chi connectivity index (χ1n) is 11.8. The average Bonchev–Trinajstić information content (AvgIpc) is 2.88. The fraction of sp³-hybridized carbons (Fsp3) is 0.357. The summed E-state index contributed by atoms with van der Waals surface area (Å²) in [5, 5.41) is 5.09. The predicted molar refractivity (Wildman–Crippen MR) is 131 cm³/mol. The summed E-state index contributed by atoms with van der Waals surface area (Å²) in [5.74, 6) is 0.808. The van der Waals surface area contributed by atoms with E-state index in [9.17, 15) is 9.59 Å². The van der Waals surface area contributed by atoms with Crippen LogP contribution < -0.4 is 10.1 Å². The van der Waals surface area contributed by atoms with E-state index in [4.69, 9.17) is 4.74 Å². The Morgan fingerprint density at radius 1 is 0.970 bits per heavy atom. The minimum Gasteiger partial charge on any atom is -0.496 e. The first-order valence-corrected chi connectivity index (χ1v) is 11.8. The molecule has 0 bridgehead atoms. The van der Waals surface area contributed by atoms with Crippen LogP contribution in [0.5, 0.6) is 5.75 Å². The molecular formula is C28H32N2O3. The number of carbonyl (C=O) groups excluding carboxylic acids is 2. The van der Waals surface area contributed by atoms with Gasteiger partial charge in [0.2, 0.25) is 5.91 Å². The molecule has 3 aromatic rings. The number of hydrogen-bond acceptors (Lipinski definition) is 3. The first-order chi connectivity index (χ1) is 16.1. The number of benzene rings is 3. The highest BCUT2D eigenvalue weighted by atomic mass is 16.5. The van der Waals surface area contributed by atoms with Crippen molar-refractivity contribution >= 4 is 22.6 Å². The molecule has 33 heavy (non-hydrogen) atoms. The predicted octanol–water partition coefficient (Wildman–Crippen LogP) is 5.36. The molecule has 1 atom stereocenters. The molecule has 0 unspecified atom stereocenters. The number of amides is 2. The molecule has 0 radical (unpaired) electrons. The summed E-state index contributed by atoms with van der Waals surface area (Å²) in [5.41, 5.74) is 1.83. The van der Waals surface area contributed by atoms with Crippen LogP contribution in [0, 0.1) is 5.92 Å². The van der Waals surface area contributed by atoms with Crippen molar-refractivity contribution in [2.24, 2.45) is 5.92 Å². The van der Waals surface area contributed by atoms with Crippen molar-refractivity contribution in [2.45, 2.75) is 38.6 Å². The summed E-state index contributed by atoms with van der Waals surface area (Å²) in [4.78, 5) is 28.2. The van der Waals surface area contributed by atoms with E-state index in [0.29, 0.717) is 31.5 Å². The highest BCUT2D eigenvalue weighted by Crippen LogP contribution is 2.30. The zero-order chi connectivity index (χ0) is 23.2. The second kappa shape index (κ2) is 10.5. The molecule has 1 aliphatic rings. The van der Waals surface area contributed by atoms with Crippen LogP contribution in [0.2, 0.25) is 0 Å². The largest absolute Gasteiger partial charge is 0.496 e. The molecule has 4 rings (SSSR count). The standard InChI is InChI=1S/C28H32N2O3/c1-3-9-25(20-10-5-4-6-11-20)29-27(31)21-16-18-30(19-17-21)28(32)24-14-15-26(33-2)23-13-8-7-12-22(23)24/h4-8,10-15,21,25H,3,9,16-19H2,1-2H3,(H,29,31)/t25-/m0/s1. The second-order valence-electron chi connectivity index (χ2n) is 8.69. The molecule has 2 amide bonds. The van der Waals surface area contributed by atoms with Crippen molar-refractivity contribution in [2.75, 3.05) is 20.2 Å². The Kier molecular flexibility index (Phi) is 7.28. The minimum absolute atomic E-state index is 0.0147. The van der Waals surface area contributed by atoms with Crippen molar-refractivity contribution in [1.82, 2.24) is 10.2 Å². The Morgan fingerprint density at radius 2 is 1.64 bits per heavy atom. The monoisotopic (exact) mass is 444 g/mol. The van der Waals surface area contributed by atoms with Gasteiger partial charge in [0.1, 0.15) is 5.75 Å². The Morgan fingerprint density at radius 3 is 2.30 bits per heavy atom. The van der Waals surface area contributed by atoms with E-state index in [1.807, 2.05) is 59.5 Å². The second-order valence-corrected chi connectivity index (χ2v) is 8.69. The molecule has 1 saturated heterocycles. The van der Waals surface area contributed by atoms with Crippen LogP contribution in [0.3, 0.4) is 0 Å². The molecule has 0 aliphatic carbocycles. The smallest absolute Gasteiger partial charge is 0.254 e. The number of rotatable bonds is 7. The number of nitrogens with one attached hydrogen (secondary N) is 1. The lowest BCUT2D eigenvalue weighted by molar-refractivity contribution is -0.127. The van der Waals surface area contributed by atoms with Crippen LogP contribution in [0.25, 0.3) is 10.8 Å². The Bertz CT molecular complexity index is 1100. The van der Waals surface area contributed by atoms with Gasteiger partial charge in [0.25, 0.3) is 5.91 Å². The third kappa shape index (κ3) is 5.03. The van der Waals surface area contributed by atoms with E-state index in [2.05, 4.69) is 24.4 Å². The molecule has 0 spiro atoms. The maximum absolute atomic E-state index is 13.3. The van der Waals surface area contributed by atoms with Gasteiger partial charge in [0.15, 0.2) is 0 Å². The Balaban J connectivity index is 1.41. The lowest BCUT2D eigenvalue weighted by Crippen LogP contribution is -2.43. The van der Waals surface area contributed by atoms with Crippen molar-refractivity contribution in [3.05, 3.63) is 77.9 Å². The summed E-state index contributed by atoms with van der Waals surface area (Å²) in [6, 6.07) is 21.7. The molecule has 1 N–H and O–H groups in total. The number of piperidine rings is 1. The molecule has 1 fully saturated rings. The average molecular weight is 445 g/mol. The maximum Gasteiger partial charge on any atom is 0.254 e. The van der Waals surface area contributed by atoms with Crippen LogP contribution >= 0.6 is 0 Å². The Labute approximate surface area is 195 Å². The zero-order valence-corrected chi connectivity index (χ0v) is 19.4. The van der Waals surface area contributed by atoms with Gasteiger partial charge < -0.3 is 15.0 Å². The summed E-state index contributed by atoms with van der Waals surface area (Å²) in [6.07, 6.45) is 3.28. The van der Waals surface area contributed by atoms with Crippen molar-refractivity contribution in [3.63, 3.8) is 0 Å². The van der Waals surface area contributed by atoms with Gasteiger partial charge in [-0.25, -0.2) is 0 Å². The topological polar surface area (TPSA) is 58.6 Å². The fourth-order valence-corrected chi connectivity index (χ4v) is 4.74. The van der Waals surface area contributed by atoms with Gasteiger partial charge in [-0.05, 0) is 42.3 Å². The molecule has 0 saturated carbocycles. The van der Waals surface area contributed by atoms with E-state index < -0.39 is 0 Å². The van der Waals surface area contributed by atoms with Gasteiger partial charge in [-0.1, -0.05) is 67.9 Å². The highest BCUT2D eigenvalue weighted by molar-refractivity contribution is 6.08. The van der Waals surface area contributed by atoms with Gasteiger partial charge in [-0.15, -0.1) is 0 Å². The van der Waals surface area contributed by atoms with Crippen LogP contribution in [0.15, 0.2) is 66.7 Å². The zero-order valence-electron chi connectivity index (χ0n) is 19.4. The summed E-state index contributed by atoms with van der Waals surface area (Å²) in [6.45, 7) is 3.30. The number of ether oxygens (including phenoxy) is 1. The summed E-state index contributed by atoms with van der Waals surface area (Å²) >= 11 is 0. The van der Waals surface area contributed by atoms with Crippen molar-refractivity contribution < 1.29 is 14.3 Å². The normalized spacial score (nSPS) is 15.3. The fourth-order valence-electron chi connectivity index (χ4n) is 4.74. The van der Waals surface area contributed by atoms with Gasteiger partial charge in [0.05, 0.1) is 13.2 Å². The molecule has 0 aromatic heterocycles. The van der Waals surface area contributed by atoms with E-state index in [1.54, 1.807) is 7.11 Å². The third-order valence-electron chi connectivity index (χ3n) is 6.58. The molecular weight excluding hydrogens is 412 g/mol. The number of carbonyl (C=O) groups is 2. The third-order valence-corrected chi connectivity index (χ3v) is 6.58. The SMILES string of the molecule is CCC[C@H](NC(=O)C1CCN(C(=O)c2ccc(OC)c3ccccc23)CC1)c1ccccc1. The van der Waals surface area contributed by atoms with Crippen LogP contribution in [0.1, 0.15) is 54.6 Å². The number of nitrogens with zero attached hydrogens (tertiary/aromatic N) is 1. The quantitative estimate of drug-likeness (QED) is 0.534. The molecule has 172 valence electrons. The summed E-state index contributed by atoms with van der Waals surface area (Å²) in [7, 11) is 1.64. The van der Waals surface area contributed by atoms with Crippen LogP contribution in [-0.4, -0.2) is 36.9 Å². The molecule has 5 nitrogen and oxygen atoms in total. The van der Waals surface area contributed by atoms with Gasteiger partial charge in [-0.2, -0.15) is 0 Å². The van der Waals surface area contributed by atoms with Gasteiger partial charge in [-0.3, -0.25) is 9.59 Å². The number of methoxy groups -OCH3 is 1. The van der Waals surface area contributed by atoms with Crippen molar-refractivity contribution in [1.29, 1.82) is 0 Å².